The van der Waals surface area contributed by atoms with Crippen molar-refractivity contribution in [2.75, 3.05) is 33.4 Å². The Bertz CT molecular complexity index is 957. The lowest BCUT2D eigenvalue weighted by molar-refractivity contribution is -0.137. The second-order valence-electron chi connectivity index (χ2n) is 9.46. The largest absolute Gasteiger partial charge is 0.381 e. The predicted octanol–water partition coefficient (Wildman–Crippen LogP) is 4.11. The van der Waals surface area contributed by atoms with Gasteiger partial charge in [-0.3, -0.25) is 9.59 Å². The van der Waals surface area contributed by atoms with Crippen LogP contribution in [-0.4, -0.2) is 56.0 Å². The molecule has 5 nitrogen and oxygen atoms in total. The third-order valence-electron chi connectivity index (χ3n) is 7.06. The number of benzene rings is 2. The zero-order valence-electron chi connectivity index (χ0n) is 19.2. The summed E-state index contributed by atoms with van der Waals surface area (Å²) in [5.74, 6) is 0.245. The Morgan fingerprint density at radius 2 is 1.69 bits per heavy atom. The lowest BCUT2D eigenvalue weighted by atomic mass is 9.74. The standard InChI is InChI=1S/C27H34N2O3/c1-20(30)22-6-4-8-24(18-22)23-7-3-5-21(17-23)19-27(11-15-32-16-12-27)26(31)28-25-9-13-29(2)14-10-25/h3-8,17-18,25H,9-16,19H2,1-2H3,(H,28,31). The third-order valence-corrected chi connectivity index (χ3v) is 7.06. The lowest BCUT2D eigenvalue weighted by Crippen LogP contribution is -2.51. The Labute approximate surface area is 191 Å². The highest BCUT2D eigenvalue weighted by Gasteiger charge is 2.41. The Hall–Kier alpha value is -2.50. The maximum absolute atomic E-state index is 13.5. The van der Waals surface area contributed by atoms with Crippen molar-refractivity contribution in [1.29, 1.82) is 0 Å². The van der Waals surface area contributed by atoms with E-state index in [0.717, 1.165) is 55.5 Å². The molecule has 32 heavy (non-hydrogen) atoms. The molecule has 2 heterocycles. The molecule has 2 aromatic rings. The van der Waals surface area contributed by atoms with Crippen LogP contribution in [0.25, 0.3) is 11.1 Å². The predicted molar refractivity (Wildman–Crippen MR) is 127 cm³/mol. The van der Waals surface area contributed by atoms with Gasteiger partial charge in [0.05, 0.1) is 5.41 Å². The zero-order valence-corrected chi connectivity index (χ0v) is 19.2. The van der Waals surface area contributed by atoms with Crippen molar-refractivity contribution >= 4 is 11.7 Å². The minimum Gasteiger partial charge on any atom is -0.381 e. The Balaban J connectivity index is 1.54. The number of nitrogens with one attached hydrogen (secondary N) is 1. The minimum atomic E-state index is -0.429. The van der Waals surface area contributed by atoms with Crippen molar-refractivity contribution in [3.63, 3.8) is 0 Å². The van der Waals surface area contributed by atoms with Crippen LogP contribution in [0.15, 0.2) is 48.5 Å². The number of ether oxygens (including phenoxy) is 1. The first-order valence-corrected chi connectivity index (χ1v) is 11.7. The summed E-state index contributed by atoms with van der Waals surface area (Å²) in [7, 11) is 2.14. The van der Waals surface area contributed by atoms with Crippen LogP contribution in [0.2, 0.25) is 0 Å². The normalized spacial score (nSPS) is 19.4. The highest BCUT2D eigenvalue weighted by atomic mass is 16.5. The van der Waals surface area contributed by atoms with Crippen LogP contribution < -0.4 is 5.32 Å². The van der Waals surface area contributed by atoms with Crippen molar-refractivity contribution in [2.45, 2.75) is 45.1 Å². The maximum atomic E-state index is 13.5. The molecule has 2 aromatic carbocycles. The molecule has 0 atom stereocenters. The first-order chi connectivity index (χ1) is 15.4. The summed E-state index contributed by atoms with van der Waals surface area (Å²) in [4.78, 5) is 27.6. The summed E-state index contributed by atoms with van der Waals surface area (Å²) in [5.41, 5.74) is 3.53. The Morgan fingerprint density at radius 3 is 2.38 bits per heavy atom. The molecule has 0 spiro atoms. The van der Waals surface area contributed by atoms with Gasteiger partial charge in [-0.25, -0.2) is 0 Å². The van der Waals surface area contributed by atoms with E-state index < -0.39 is 5.41 Å². The molecule has 2 saturated heterocycles. The third kappa shape index (κ3) is 5.28. The number of hydrogen-bond donors (Lipinski definition) is 1. The van der Waals surface area contributed by atoms with Crippen molar-refractivity contribution in [3.05, 3.63) is 59.7 Å². The summed E-state index contributed by atoms with van der Waals surface area (Å²) in [6.07, 6.45) is 4.22. The van der Waals surface area contributed by atoms with E-state index >= 15 is 0 Å². The number of nitrogens with zero attached hydrogens (tertiary/aromatic N) is 1. The first kappa shape index (κ1) is 22.7. The monoisotopic (exact) mass is 434 g/mol. The number of carbonyl (C=O) groups is 2. The van der Waals surface area contributed by atoms with Crippen molar-refractivity contribution in [3.8, 4) is 11.1 Å². The number of piperidine rings is 1. The van der Waals surface area contributed by atoms with Crippen LogP contribution in [0.4, 0.5) is 0 Å². The van der Waals surface area contributed by atoms with Crippen molar-refractivity contribution in [2.24, 2.45) is 5.41 Å². The van der Waals surface area contributed by atoms with Crippen LogP contribution in [0.3, 0.4) is 0 Å². The van der Waals surface area contributed by atoms with E-state index in [2.05, 4.69) is 35.5 Å². The summed E-state index contributed by atoms with van der Waals surface area (Å²) < 4.78 is 5.63. The van der Waals surface area contributed by atoms with Gasteiger partial charge in [-0.2, -0.15) is 0 Å². The van der Waals surface area contributed by atoms with Gasteiger partial charge in [-0.15, -0.1) is 0 Å². The van der Waals surface area contributed by atoms with E-state index in [-0.39, 0.29) is 17.7 Å². The van der Waals surface area contributed by atoms with Gasteiger partial charge in [0.1, 0.15) is 0 Å². The smallest absolute Gasteiger partial charge is 0.226 e. The van der Waals surface area contributed by atoms with Crippen LogP contribution in [0.5, 0.6) is 0 Å². The summed E-state index contributed by atoms with van der Waals surface area (Å²) in [6.45, 7) is 4.90. The molecule has 4 rings (SSSR count). The second kappa shape index (κ2) is 9.97. The van der Waals surface area contributed by atoms with E-state index in [0.29, 0.717) is 25.2 Å². The summed E-state index contributed by atoms with van der Waals surface area (Å²) in [5, 5.41) is 3.38. The molecular weight excluding hydrogens is 400 g/mol. The van der Waals surface area contributed by atoms with E-state index in [4.69, 9.17) is 4.74 Å². The van der Waals surface area contributed by atoms with E-state index in [1.165, 1.54) is 0 Å². The number of ketones is 1. The van der Waals surface area contributed by atoms with Gasteiger partial charge in [-0.05, 0) is 81.9 Å². The topological polar surface area (TPSA) is 58.6 Å². The molecule has 0 aliphatic carbocycles. The molecular formula is C27H34N2O3. The van der Waals surface area contributed by atoms with Crippen LogP contribution >= 0.6 is 0 Å². The molecule has 2 aliphatic rings. The molecule has 1 amide bonds. The second-order valence-corrected chi connectivity index (χ2v) is 9.46. The molecule has 0 aromatic heterocycles. The van der Waals surface area contributed by atoms with Gasteiger partial charge in [0.15, 0.2) is 5.78 Å². The average Bonchev–Trinajstić information content (AvgIpc) is 2.81. The van der Waals surface area contributed by atoms with Gasteiger partial charge < -0.3 is 15.0 Å². The van der Waals surface area contributed by atoms with Crippen LogP contribution in [0, 0.1) is 5.41 Å². The minimum absolute atomic E-state index is 0.0646. The van der Waals surface area contributed by atoms with Crippen LogP contribution in [-0.2, 0) is 16.0 Å². The molecule has 0 saturated carbocycles. The summed E-state index contributed by atoms with van der Waals surface area (Å²) >= 11 is 0. The molecule has 0 unspecified atom stereocenters. The number of likely N-dealkylation sites (tertiary alicyclic amines) is 1. The Kier molecular flexibility index (Phi) is 7.07. The fourth-order valence-corrected chi connectivity index (χ4v) is 4.91. The van der Waals surface area contributed by atoms with Crippen LogP contribution in [0.1, 0.15) is 48.5 Å². The molecule has 170 valence electrons. The Morgan fingerprint density at radius 1 is 1.03 bits per heavy atom. The van der Waals surface area contributed by atoms with Gasteiger partial charge in [0.25, 0.3) is 0 Å². The maximum Gasteiger partial charge on any atom is 0.226 e. The average molecular weight is 435 g/mol. The fourth-order valence-electron chi connectivity index (χ4n) is 4.91. The molecule has 0 bridgehead atoms. The number of amides is 1. The van der Waals surface area contributed by atoms with Gasteiger partial charge >= 0.3 is 0 Å². The quantitative estimate of drug-likeness (QED) is 0.696. The first-order valence-electron chi connectivity index (χ1n) is 11.7. The number of rotatable bonds is 6. The number of carbonyl (C=O) groups excluding carboxylic acids is 2. The van der Waals surface area contributed by atoms with E-state index in [1.54, 1.807) is 6.92 Å². The number of Topliss-reactive ketones (excluding diaryl/α,β-unsaturated/α-hetero) is 1. The van der Waals surface area contributed by atoms with E-state index in [9.17, 15) is 9.59 Å². The lowest BCUT2D eigenvalue weighted by Gasteiger charge is -2.38. The highest BCUT2D eigenvalue weighted by molar-refractivity contribution is 5.95. The molecule has 0 radical (unpaired) electrons. The van der Waals surface area contributed by atoms with Gasteiger partial charge in [0.2, 0.25) is 5.91 Å². The van der Waals surface area contributed by atoms with Gasteiger partial charge in [0, 0.05) is 24.8 Å². The molecule has 2 fully saturated rings. The van der Waals surface area contributed by atoms with Gasteiger partial charge in [-0.1, -0.05) is 42.5 Å². The van der Waals surface area contributed by atoms with Crippen molar-refractivity contribution in [1.82, 2.24) is 10.2 Å². The summed E-state index contributed by atoms with van der Waals surface area (Å²) in [6, 6.07) is 16.4. The fraction of sp³-hybridized carbons (Fsp3) is 0.481. The van der Waals surface area contributed by atoms with Crippen molar-refractivity contribution < 1.29 is 14.3 Å². The highest BCUT2D eigenvalue weighted by Crippen LogP contribution is 2.36. The molecule has 2 aliphatic heterocycles. The number of hydrogen-bond acceptors (Lipinski definition) is 4. The van der Waals surface area contributed by atoms with E-state index in [1.807, 2.05) is 30.3 Å². The SMILES string of the molecule is CC(=O)c1cccc(-c2cccc(CC3(C(=O)NC4CCN(C)CC4)CCOCC3)c2)c1. The zero-order chi connectivity index (χ0) is 22.6. The molecule has 1 N–H and O–H groups in total. The molecule has 5 heteroatoms.